The minimum absolute atomic E-state index is 0.100. The fraction of sp³-hybridized carbons (Fsp3) is 0.100. The Bertz CT molecular complexity index is 685. The molecular weight excluding hydrogens is 343 g/mol. The summed E-state index contributed by atoms with van der Waals surface area (Å²) in [6.07, 6.45) is 1.28. The van der Waals surface area contributed by atoms with E-state index < -0.39 is 15.8 Å². The van der Waals surface area contributed by atoms with Crippen molar-refractivity contribution in [1.82, 2.24) is 4.98 Å². The number of sulfonamides is 1. The molecule has 0 spiro atoms. The van der Waals surface area contributed by atoms with Crippen LogP contribution in [0.15, 0.2) is 33.1 Å². The number of aromatic nitrogens is 1. The highest BCUT2D eigenvalue weighted by Gasteiger charge is 2.17. The van der Waals surface area contributed by atoms with Gasteiger partial charge in [0.2, 0.25) is 0 Å². The molecular formula is C10H8BrFN2O2S2. The number of aryl methyl sites for hydroxylation is 1. The fourth-order valence-electron chi connectivity index (χ4n) is 1.23. The molecule has 96 valence electrons. The van der Waals surface area contributed by atoms with Gasteiger partial charge in [0.1, 0.15) is 5.82 Å². The van der Waals surface area contributed by atoms with Crippen LogP contribution in [0.5, 0.6) is 0 Å². The Balaban J connectivity index is 2.30. The molecule has 0 saturated heterocycles. The number of nitrogens with zero attached hydrogens (tertiary/aromatic N) is 1. The predicted molar refractivity (Wildman–Crippen MR) is 71.8 cm³/mol. The van der Waals surface area contributed by atoms with E-state index in [1.807, 2.05) is 0 Å². The highest BCUT2D eigenvalue weighted by atomic mass is 79.9. The minimum atomic E-state index is -3.70. The van der Waals surface area contributed by atoms with Gasteiger partial charge in [-0.25, -0.2) is 17.8 Å². The first-order chi connectivity index (χ1) is 8.38. The van der Waals surface area contributed by atoms with E-state index in [2.05, 4.69) is 25.6 Å². The molecule has 2 rings (SSSR count). The summed E-state index contributed by atoms with van der Waals surface area (Å²) in [4.78, 5) is 3.87. The molecule has 0 aliphatic carbocycles. The number of nitrogens with one attached hydrogen (secondary N) is 1. The van der Waals surface area contributed by atoms with E-state index in [-0.39, 0.29) is 14.4 Å². The van der Waals surface area contributed by atoms with Gasteiger partial charge in [0.25, 0.3) is 10.0 Å². The Kier molecular flexibility index (Phi) is 3.69. The molecule has 0 unspecified atom stereocenters. The molecule has 4 nitrogen and oxygen atoms in total. The number of rotatable bonds is 3. The van der Waals surface area contributed by atoms with Crippen molar-refractivity contribution in [1.29, 1.82) is 0 Å². The zero-order valence-corrected chi connectivity index (χ0v) is 12.4. The zero-order valence-electron chi connectivity index (χ0n) is 9.15. The number of benzene rings is 1. The molecule has 1 aromatic carbocycles. The molecule has 0 radical (unpaired) electrons. The number of hydrogen-bond donors (Lipinski definition) is 1. The van der Waals surface area contributed by atoms with Crippen molar-refractivity contribution in [2.75, 3.05) is 4.72 Å². The lowest BCUT2D eigenvalue weighted by Crippen LogP contribution is -2.11. The molecule has 1 aromatic heterocycles. The summed E-state index contributed by atoms with van der Waals surface area (Å²) < 4.78 is 39.8. The van der Waals surface area contributed by atoms with Crippen LogP contribution in [-0.4, -0.2) is 13.4 Å². The van der Waals surface area contributed by atoms with Gasteiger partial charge in [-0.2, -0.15) is 0 Å². The first kappa shape index (κ1) is 13.4. The monoisotopic (exact) mass is 350 g/mol. The van der Waals surface area contributed by atoms with E-state index in [1.54, 1.807) is 6.92 Å². The summed E-state index contributed by atoms with van der Waals surface area (Å²) in [7, 11) is -3.70. The van der Waals surface area contributed by atoms with Crippen LogP contribution < -0.4 is 4.72 Å². The van der Waals surface area contributed by atoms with E-state index in [0.717, 1.165) is 17.4 Å². The number of hydrogen-bond acceptors (Lipinski definition) is 4. The third-order valence-electron chi connectivity index (χ3n) is 2.04. The summed E-state index contributed by atoms with van der Waals surface area (Å²) in [6.45, 7) is 1.71. The smallest absolute Gasteiger partial charge is 0.273 e. The van der Waals surface area contributed by atoms with E-state index in [9.17, 15) is 12.8 Å². The van der Waals surface area contributed by atoms with Crippen LogP contribution in [0.25, 0.3) is 0 Å². The Morgan fingerprint density at radius 2 is 2.17 bits per heavy atom. The van der Waals surface area contributed by atoms with Crippen molar-refractivity contribution in [3.8, 4) is 0 Å². The van der Waals surface area contributed by atoms with Crippen molar-refractivity contribution in [3.05, 3.63) is 39.7 Å². The molecule has 0 atom stereocenters. The second-order valence-corrected chi connectivity index (χ2v) is 7.43. The Hall–Kier alpha value is -0.990. The van der Waals surface area contributed by atoms with Gasteiger partial charge in [0, 0.05) is 0 Å². The zero-order chi connectivity index (χ0) is 13.3. The average molecular weight is 351 g/mol. The molecule has 0 aliphatic heterocycles. The van der Waals surface area contributed by atoms with Gasteiger partial charge in [0.15, 0.2) is 4.21 Å². The van der Waals surface area contributed by atoms with Gasteiger partial charge in [0.05, 0.1) is 21.4 Å². The minimum Gasteiger partial charge on any atom is -0.279 e. The molecule has 18 heavy (non-hydrogen) atoms. The van der Waals surface area contributed by atoms with Gasteiger partial charge in [-0.05, 0) is 41.1 Å². The van der Waals surface area contributed by atoms with Crippen LogP contribution in [0.2, 0.25) is 0 Å². The van der Waals surface area contributed by atoms with E-state index >= 15 is 0 Å². The Labute approximate surface area is 116 Å². The van der Waals surface area contributed by atoms with Gasteiger partial charge >= 0.3 is 0 Å². The maximum atomic E-state index is 13.3. The lowest BCUT2D eigenvalue weighted by molar-refractivity contribution is 0.602. The molecule has 8 heteroatoms. The molecule has 0 bridgehead atoms. The van der Waals surface area contributed by atoms with Crippen molar-refractivity contribution in [2.45, 2.75) is 11.1 Å². The topological polar surface area (TPSA) is 59.1 Å². The summed E-state index contributed by atoms with van der Waals surface area (Å²) in [5.41, 5.74) is 0.168. The lowest BCUT2D eigenvalue weighted by Gasteiger charge is -2.06. The molecule has 1 N–H and O–H groups in total. The van der Waals surface area contributed by atoms with E-state index in [4.69, 9.17) is 0 Å². The highest BCUT2D eigenvalue weighted by molar-refractivity contribution is 9.10. The van der Waals surface area contributed by atoms with E-state index in [0.29, 0.717) is 5.01 Å². The van der Waals surface area contributed by atoms with Crippen LogP contribution in [0.4, 0.5) is 10.1 Å². The molecule has 0 aliphatic rings. The normalized spacial score (nSPS) is 11.5. The van der Waals surface area contributed by atoms with Crippen LogP contribution in [0, 0.1) is 12.7 Å². The number of thiazole rings is 1. The largest absolute Gasteiger partial charge is 0.279 e. The molecule has 0 fully saturated rings. The standard InChI is InChI=1S/C10H8BrFN2O2S2/c1-6-13-5-10(17-6)18(15,16)14-7-2-3-8(11)9(12)4-7/h2-5,14H,1H3. The molecule has 0 saturated carbocycles. The third-order valence-corrected chi connectivity index (χ3v) is 5.44. The van der Waals surface area contributed by atoms with Crippen LogP contribution in [0.3, 0.4) is 0 Å². The highest BCUT2D eigenvalue weighted by Crippen LogP contribution is 2.24. The fourth-order valence-corrected chi connectivity index (χ4v) is 3.63. The Morgan fingerprint density at radius 1 is 1.44 bits per heavy atom. The summed E-state index contributed by atoms with van der Waals surface area (Å²) in [5, 5.41) is 0.650. The first-order valence-electron chi connectivity index (χ1n) is 4.79. The van der Waals surface area contributed by atoms with Crippen molar-refractivity contribution in [2.24, 2.45) is 0 Å². The van der Waals surface area contributed by atoms with Crippen LogP contribution >= 0.6 is 27.3 Å². The second-order valence-electron chi connectivity index (χ2n) is 3.43. The van der Waals surface area contributed by atoms with Gasteiger partial charge in [-0.1, -0.05) is 0 Å². The second kappa shape index (κ2) is 4.94. The number of anilines is 1. The van der Waals surface area contributed by atoms with Crippen molar-refractivity contribution >= 4 is 43.0 Å². The maximum Gasteiger partial charge on any atom is 0.273 e. The summed E-state index contributed by atoms with van der Waals surface area (Å²) in [6, 6.07) is 4.01. The van der Waals surface area contributed by atoms with Crippen LogP contribution in [0.1, 0.15) is 5.01 Å². The quantitative estimate of drug-likeness (QED) is 0.924. The van der Waals surface area contributed by atoms with Crippen molar-refractivity contribution in [3.63, 3.8) is 0 Å². The first-order valence-corrected chi connectivity index (χ1v) is 7.88. The maximum absolute atomic E-state index is 13.3. The summed E-state index contributed by atoms with van der Waals surface area (Å²) in [5.74, 6) is -0.532. The summed E-state index contributed by atoms with van der Waals surface area (Å²) >= 11 is 4.05. The third kappa shape index (κ3) is 2.88. The predicted octanol–water partition coefficient (Wildman–Crippen LogP) is 3.15. The van der Waals surface area contributed by atoms with Gasteiger partial charge < -0.3 is 0 Å². The van der Waals surface area contributed by atoms with Crippen molar-refractivity contribution < 1.29 is 12.8 Å². The molecule has 0 amide bonds. The lowest BCUT2D eigenvalue weighted by atomic mass is 10.3. The molecule has 1 heterocycles. The van der Waals surface area contributed by atoms with Crippen LogP contribution in [-0.2, 0) is 10.0 Å². The SMILES string of the molecule is Cc1ncc(S(=O)(=O)Nc2ccc(Br)c(F)c2)s1. The van der Waals surface area contributed by atoms with Gasteiger partial charge in [-0.15, -0.1) is 11.3 Å². The van der Waals surface area contributed by atoms with E-state index in [1.165, 1.54) is 18.3 Å². The van der Waals surface area contributed by atoms with Gasteiger partial charge in [-0.3, -0.25) is 4.72 Å². The number of halogens is 2. The Morgan fingerprint density at radius 3 is 2.72 bits per heavy atom. The molecule has 2 aromatic rings. The average Bonchev–Trinajstić information content (AvgIpc) is 2.71.